The first-order valence-electron chi connectivity index (χ1n) is 46.3. The van der Waals surface area contributed by atoms with Crippen LogP contribution in [-0.2, 0) is 0 Å². The Labute approximate surface area is 786 Å². The second kappa shape index (κ2) is 34.2. The molecule has 0 fully saturated rings. The molecule has 0 bridgehead atoms. The molecule has 0 amide bonds. The lowest BCUT2D eigenvalue weighted by Crippen LogP contribution is -1.97. The minimum absolute atomic E-state index is 0.685. The fourth-order valence-electron chi connectivity index (χ4n) is 20.0. The predicted octanol–water partition coefficient (Wildman–Crippen LogP) is 33.3. The van der Waals surface area contributed by atoms with E-state index in [9.17, 15) is 0 Å². The largest absolute Gasteiger partial charge is 0.309 e. The highest BCUT2D eigenvalue weighted by Crippen LogP contribution is 2.44. The summed E-state index contributed by atoms with van der Waals surface area (Å²) in [5.74, 6) is 1.40. The maximum atomic E-state index is 5.24. The molecule has 8 heteroatoms. The number of para-hydroxylation sites is 4. The third kappa shape index (κ3) is 14.7. The van der Waals surface area contributed by atoms with Gasteiger partial charge in [0.05, 0.1) is 66.9 Å². The number of aromatic nitrogens is 8. The summed E-state index contributed by atoms with van der Waals surface area (Å²) in [6.07, 6.45) is 0. The molecule has 0 radical (unpaired) electrons. The smallest absolute Gasteiger partial charge is 0.160 e. The maximum Gasteiger partial charge on any atom is 0.160 e. The highest BCUT2D eigenvalue weighted by atomic mass is 15.0. The van der Waals surface area contributed by atoms with Gasteiger partial charge in [-0.05, 0) is 200 Å². The molecule has 26 aromatic rings. The van der Waals surface area contributed by atoms with Gasteiger partial charge in [-0.3, -0.25) is 0 Å². The topological polar surface area (TPSA) is 71.3 Å². The maximum absolute atomic E-state index is 5.24. The third-order valence-corrected chi connectivity index (χ3v) is 26.8. The Hall–Kier alpha value is -18.2. The Morgan fingerprint density at radius 1 is 0.110 bits per heavy atom. The Balaban J connectivity index is 0.000000147. The van der Waals surface area contributed by atoms with Crippen LogP contribution < -0.4 is 0 Å². The Morgan fingerprint density at radius 3 is 0.529 bits per heavy atom. The SMILES string of the molecule is c1ccc(-c2ccc(-c3cc(-c4ccc(-n5c6ccccc6c6cc(-c7ccc8c(c7)c7ccccc7n8-c7ccc(-c8ccccc8)cc7)ccc65)cc4)nc(-c4ccc(-c5ccccc5)cc4)n3)cc2)cc1.c1ccc(-c2ccc(-n3c4ccccc4c4cc(-c5ccc6c(c5)c5ccccc5n6-c5ccc(-c6cc(-c7ccccc7)nc(-c7ccccc7)n6)cc5)ccc43)cc2)cc1. The second-order valence-electron chi connectivity index (χ2n) is 34.8. The van der Waals surface area contributed by atoms with Crippen LogP contribution in [0.15, 0.2) is 510 Å². The summed E-state index contributed by atoms with van der Waals surface area (Å²) in [5.41, 5.74) is 37.8. The van der Waals surface area contributed by atoms with E-state index in [2.05, 4.69) is 485 Å². The van der Waals surface area contributed by atoms with Gasteiger partial charge in [0.25, 0.3) is 0 Å². The van der Waals surface area contributed by atoms with Gasteiger partial charge in [-0.15, -0.1) is 0 Å². The van der Waals surface area contributed by atoms with Gasteiger partial charge >= 0.3 is 0 Å². The van der Waals surface area contributed by atoms with Crippen molar-refractivity contribution in [2.45, 2.75) is 0 Å². The lowest BCUT2D eigenvalue weighted by Gasteiger charge is -2.12. The molecule has 20 aromatic carbocycles. The summed E-state index contributed by atoms with van der Waals surface area (Å²) in [6, 6.07) is 182. The van der Waals surface area contributed by atoms with Gasteiger partial charge in [0.1, 0.15) is 0 Å². The van der Waals surface area contributed by atoms with Gasteiger partial charge in [0, 0.05) is 99.2 Å². The fraction of sp³-hybridized carbons (Fsp3) is 0. The Kier molecular flexibility index (Phi) is 20.1. The highest BCUT2D eigenvalue weighted by Gasteiger charge is 2.23. The van der Waals surface area contributed by atoms with Crippen LogP contribution in [0.25, 0.3) is 245 Å². The molecule has 0 N–H and O–H groups in total. The molecule has 0 aliphatic rings. The highest BCUT2D eigenvalue weighted by molar-refractivity contribution is 6.15. The van der Waals surface area contributed by atoms with Crippen molar-refractivity contribution in [1.82, 2.24) is 38.2 Å². The molecule has 0 spiro atoms. The number of hydrogen-bond donors (Lipinski definition) is 0. The summed E-state index contributed by atoms with van der Waals surface area (Å²) in [7, 11) is 0. The van der Waals surface area contributed by atoms with Crippen LogP contribution in [0, 0.1) is 0 Å². The molecule has 6 aromatic heterocycles. The number of rotatable bonds is 16. The van der Waals surface area contributed by atoms with Crippen LogP contribution in [-0.4, -0.2) is 38.2 Å². The monoisotopic (exact) mass is 1730 g/mol. The van der Waals surface area contributed by atoms with Crippen molar-refractivity contribution in [3.05, 3.63) is 510 Å². The molecule has 0 atom stereocenters. The Bertz CT molecular complexity index is 8820. The van der Waals surface area contributed by atoms with E-state index in [1.165, 1.54) is 137 Å². The van der Waals surface area contributed by atoms with Gasteiger partial charge in [-0.1, -0.05) is 376 Å². The zero-order valence-corrected chi connectivity index (χ0v) is 74.1. The van der Waals surface area contributed by atoms with E-state index in [1.807, 2.05) is 42.5 Å². The zero-order valence-electron chi connectivity index (χ0n) is 74.1. The molecule has 0 aliphatic carbocycles. The summed E-state index contributed by atoms with van der Waals surface area (Å²) in [5, 5.41) is 9.83. The van der Waals surface area contributed by atoms with E-state index in [1.54, 1.807) is 0 Å². The molecule has 0 unspecified atom stereocenters. The first kappa shape index (κ1) is 79.9. The third-order valence-electron chi connectivity index (χ3n) is 26.8. The first-order chi connectivity index (χ1) is 67.4. The van der Waals surface area contributed by atoms with Crippen molar-refractivity contribution in [3.63, 3.8) is 0 Å². The van der Waals surface area contributed by atoms with Crippen LogP contribution in [0.5, 0.6) is 0 Å². The normalized spacial score (nSPS) is 11.5. The summed E-state index contributed by atoms with van der Waals surface area (Å²) in [4.78, 5) is 20.5. The standard InChI is InChI=1S/C70H46N4.C58H38N4/c1-4-14-47(15-5-1)50-24-28-53(29-25-50)64-46-65(72-70(71-64)55-30-26-51(27-31-55)48-16-6-2-7-17-48)54-34-40-59(41-35-54)74-67-23-13-11-21-61(67)63-45-57(37-43-69(63)74)56-36-42-68-62(44-56)60-20-10-12-22-66(60)73(68)58-38-32-52(33-39-58)49-18-8-3-9-19-49;1-4-14-39(15-5-1)40-24-30-46(31-25-40)61-54-22-12-10-20-48(54)50-36-44(28-34-56(50)61)45-29-35-57-51(37-45)49-21-11-13-23-55(49)62(57)47-32-26-42(27-33-47)53-38-52(41-16-6-2-7-17-41)59-58(60-53)43-18-8-3-9-19-43/h1-46H;1-38H. The molecular weight excluding hydrogens is 1650 g/mol. The van der Waals surface area contributed by atoms with E-state index in [4.69, 9.17) is 19.9 Å². The van der Waals surface area contributed by atoms with Crippen LogP contribution in [0.3, 0.4) is 0 Å². The van der Waals surface area contributed by atoms with Crippen LogP contribution >= 0.6 is 0 Å². The lowest BCUT2D eigenvalue weighted by atomic mass is 10.0. The molecular formula is C128H84N8. The minimum Gasteiger partial charge on any atom is -0.309 e. The number of nitrogens with zero attached hydrogens (tertiary/aromatic N) is 8. The lowest BCUT2D eigenvalue weighted by molar-refractivity contribution is 1.17. The van der Waals surface area contributed by atoms with Gasteiger partial charge < -0.3 is 18.3 Å². The van der Waals surface area contributed by atoms with Crippen molar-refractivity contribution >= 4 is 87.2 Å². The van der Waals surface area contributed by atoms with Gasteiger partial charge in [0.15, 0.2) is 11.6 Å². The van der Waals surface area contributed by atoms with Gasteiger partial charge in [-0.25, -0.2) is 19.9 Å². The molecule has 0 saturated heterocycles. The molecule has 6 heterocycles. The van der Waals surface area contributed by atoms with Gasteiger partial charge in [0.2, 0.25) is 0 Å². The van der Waals surface area contributed by atoms with E-state index in [-0.39, 0.29) is 0 Å². The number of hydrogen-bond acceptors (Lipinski definition) is 4. The van der Waals surface area contributed by atoms with Crippen molar-refractivity contribution in [2.75, 3.05) is 0 Å². The van der Waals surface area contributed by atoms with Crippen LogP contribution in [0.2, 0.25) is 0 Å². The Morgan fingerprint density at radius 2 is 0.272 bits per heavy atom. The fourth-order valence-corrected chi connectivity index (χ4v) is 20.0. The summed E-state index contributed by atoms with van der Waals surface area (Å²) in [6.45, 7) is 0. The number of benzene rings is 20. The van der Waals surface area contributed by atoms with E-state index in [0.29, 0.717) is 11.6 Å². The molecule has 0 saturated carbocycles. The van der Waals surface area contributed by atoms with Crippen molar-refractivity contribution in [2.24, 2.45) is 0 Å². The minimum atomic E-state index is 0.685. The quantitative estimate of drug-likeness (QED) is 0.0966. The molecule has 8 nitrogen and oxygen atoms in total. The van der Waals surface area contributed by atoms with E-state index >= 15 is 0 Å². The van der Waals surface area contributed by atoms with Crippen LogP contribution in [0.4, 0.5) is 0 Å². The van der Waals surface area contributed by atoms with Crippen molar-refractivity contribution < 1.29 is 0 Å². The summed E-state index contributed by atoms with van der Waals surface area (Å²) < 4.78 is 9.55. The zero-order chi connectivity index (χ0) is 89.9. The molecule has 136 heavy (non-hydrogen) atoms. The molecule has 26 rings (SSSR count). The average molecular weight is 1730 g/mol. The van der Waals surface area contributed by atoms with E-state index in [0.717, 1.165) is 95.5 Å². The second-order valence-corrected chi connectivity index (χ2v) is 34.8. The van der Waals surface area contributed by atoms with Crippen molar-refractivity contribution in [1.29, 1.82) is 0 Å². The average Bonchev–Trinajstić information content (AvgIpc) is 1.59. The predicted molar refractivity (Wildman–Crippen MR) is 567 cm³/mol. The molecule has 636 valence electrons. The molecule has 0 aliphatic heterocycles. The number of fused-ring (bicyclic) bond motifs is 12. The summed E-state index contributed by atoms with van der Waals surface area (Å²) >= 11 is 0. The van der Waals surface area contributed by atoms with Crippen molar-refractivity contribution in [3.8, 4) is 157 Å². The first-order valence-corrected chi connectivity index (χ1v) is 46.3. The van der Waals surface area contributed by atoms with Crippen LogP contribution in [0.1, 0.15) is 0 Å². The van der Waals surface area contributed by atoms with Gasteiger partial charge in [-0.2, -0.15) is 0 Å². The van der Waals surface area contributed by atoms with E-state index < -0.39 is 0 Å².